The molecule has 0 radical (unpaired) electrons. The number of halogens is 1. The van der Waals surface area contributed by atoms with E-state index in [-0.39, 0.29) is 11.4 Å². The predicted molar refractivity (Wildman–Crippen MR) is 122 cm³/mol. The van der Waals surface area contributed by atoms with E-state index in [9.17, 15) is 9.18 Å². The quantitative estimate of drug-likeness (QED) is 0.645. The molecule has 2 heterocycles. The number of aromatic nitrogens is 3. The summed E-state index contributed by atoms with van der Waals surface area (Å²) in [5.41, 5.74) is 3.77. The zero-order chi connectivity index (χ0) is 21.6. The SMILES string of the molecule is C\C=C/C(F)=C\C=C(/C)n1cnc2c(C)c(NCC)c(C)cnc(C)sc2c1=O. The molecule has 154 valence electrons. The molecule has 29 heavy (non-hydrogen) atoms. The third-order valence-corrected chi connectivity index (χ3v) is 5.26. The van der Waals surface area contributed by atoms with E-state index in [2.05, 4.69) is 15.3 Å². The van der Waals surface area contributed by atoms with Gasteiger partial charge in [-0.15, -0.1) is 11.3 Å². The van der Waals surface area contributed by atoms with Gasteiger partial charge in [0.2, 0.25) is 0 Å². The van der Waals surface area contributed by atoms with Crippen LogP contribution in [0.3, 0.4) is 0 Å². The lowest BCUT2D eigenvalue weighted by molar-refractivity contribution is 0.667. The highest BCUT2D eigenvalue weighted by Crippen LogP contribution is 2.24. The zero-order valence-corrected chi connectivity index (χ0v) is 18.5. The number of hydrogen-bond donors (Lipinski definition) is 1. The minimum atomic E-state index is -0.386. The summed E-state index contributed by atoms with van der Waals surface area (Å²) in [5.74, 6) is -0.386. The largest absolute Gasteiger partial charge is 0.385 e. The molecule has 0 saturated heterocycles. The highest BCUT2D eigenvalue weighted by molar-refractivity contribution is 7.17. The normalized spacial score (nSPS) is 12.5. The van der Waals surface area contributed by atoms with Crippen LogP contribution in [0.25, 0.3) is 15.9 Å². The molecular weight excluding hydrogens is 387 g/mol. The van der Waals surface area contributed by atoms with Crippen LogP contribution in [-0.4, -0.2) is 21.1 Å². The van der Waals surface area contributed by atoms with Crippen LogP contribution in [0.15, 0.2) is 47.4 Å². The number of allylic oxidation sites excluding steroid dienone is 6. The standard InChI is InChI=1S/C22H27FN4OS/c1-7-9-18(23)11-10-15(4)27-13-26-20-16(5)19(24-8-2)14(3)12-25-17(6)29-21(20)22(27)28/h7,9-13,24H,8H2,1-6H3/b9-7-,14-12?,15-10+,18-11+,19-16?,25-17?. The van der Waals surface area contributed by atoms with Crippen LogP contribution >= 0.6 is 11.3 Å². The summed E-state index contributed by atoms with van der Waals surface area (Å²) in [7, 11) is 0. The summed E-state index contributed by atoms with van der Waals surface area (Å²) in [5, 5.41) is 4.10. The molecule has 0 fully saturated rings. The van der Waals surface area contributed by atoms with E-state index < -0.39 is 0 Å². The number of hydrogen-bond acceptors (Lipinski definition) is 5. The van der Waals surface area contributed by atoms with Crippen LogP contribution in [0.1, 0.15) is 36.9 Å². The summed E-state index contributed by atoms with van der Waals surface area (Å²) >= 11 is 1.30. The molecule has 2 rings (SSSR count). The van der Waals surface area contributed by atoms with Crippen molar-refractivity contribution >= 4 is 32.9 Å². The molecule has 0 unspecified atom stereocenters. The van der Waals surface area contributed by atoms with Crippen molar-refractivity contribution in [2.75, 3.05) is 11.9 Å². The van der Waals surface area contributed by atoms with Crippen molar-refractivity contribution in [3.8, 4) is 0 Å². The van der Waals surface area contributed by atoms with Gasteiger partial charge in [-0.3, -0.25) is 14.3 Å². The van der Waals surface area contributed by atoms with E-state index in [4.69, 9.17) is 0 Å². The Balaban J connectivity index is 2.86. The molecule has 0 spiro atoms. The molecule has 0 saturated carbocycles. The Morgan fingerprint density at radius 3 is 2.66 bits per heavy atom. The average molecular weight is 415 g/mol. The maximum Gasteiger partial charge on any atom is 0.275 e. The minimum Gasteiger partial charge on any atom is -0.385 e. The van der Waals surface area contributed by atoms with Gasteiger partial charge >= 0.3 is 0 Å². The number of fused-ring (bicyclic) bond motifs is 1. The molecule has 0 aliphatic rings. The number of anilines is 1. The fourth-order valence-electron chi connectivity index (χ4n) is 2.83. The topological polar surface area (TPSA) is 59.8 Å². The summed E-state index contributed by atoms with van der Waals surface area (Å²) in [6, 6.07) is 0. The Morgan fingerprint density at radius 2 is 2.00 bits per heavy atom. The lowest BCUT2D eigenvalue weighted by Gasteiger charge is -2.10. The van der Waals surface area contributed by atoms with Gasteiger partial charge in [0.25, 0.3) is 5.56 Å². The van der Waals surface area contributed by atoms with E-state index in [1.807, 2.05) is 27.7 Å². The summed E-state index contributed by atoms with van der Waals surface area (Å²) in [6.07, 6.45) is 9.15. The number of aryl methyl sites for hydroxylation is 3. The van der Waals surface area contributed by atoms with Crippen molar-refractivity contribution in [1.29, 1.82) is 0 Å². The molecule has 0 aromatic carbocycles. The van der Waals surface area contributed by atoms with Gasteiger partial charge in [0.1, 0.15) is 16.9 Å². The monoisotopic (exact) mass is 414 g/mol. The van der Waals surface area contributed by atoms with Gasteiger partial charge < -0.3 is 5.32 Å². The van der Waals surface area contributed by atoms with Crippen LogP contribution in [-0.2, 0) is 0 Å². The molecular formula is C22H27FN4OS. The van der Waals surface area contributed by atoms with Crippen molar-refractivity contribution < 1.29 is 4.39 Å². The molecule has 7 heteroatoms. The summed E-state index contributed by atoms with van der Waals surface area (Å²) in [4.78, 5) is 22.3. The fraction of sp³-hybridized carbons (Fsp3) is 0.318. The maximum absolute atomic E-state index is 13.6. The summed E-state index contributed by atoms with van der Waals surface area (Å²) < 4.78 is 15.6. The Bertz CT molecular complexity index is 1110. The fourth-order valence-corrected chi connectivity index (χ4v) is 3.72. The second kappa shape index (κ2) is 10.1. The predicted octanol–water partition coefficient (Wildman–Crippen LogP) is 5.62. The van der Waals surface area contributed by atoms with Gasteiger partial charge in [0.15, 0.2) is 0 Å². The molecule has 2 aromatic rings. The number of nitrogens with zero attached hydrogens (tertiary/aromatic N) is 3. The van der Waals surface area contributed by atoms with Crippen LogP contribution < -0.4 is 10.9 Å². The summed E-state index contributed by atoms with van der Waals surface area (Å²) in [6.45, 7) is 12.0. The van der Waals surface area contributed by atoms with Crippen LogP contribution in [0, 0.1) is 20.8 Å². The number of nitrogens with one attached hydrogen (secondary N) is 1. The Kier molecular flexibility index (Phi) is 7.84. The second-order valence-electron chi connectivity index (χ2n) is 6.55. The zero-order valence-electron chi connectivity index (χ0n) is 17.7. The lowest BCUT2D eigenvalue weighted by Crippen LogP contribution is -2.18. The van der Waals surface area contributed by atoms with E-state index in [0.717, 1.165) is 28.4 Å². The highest BCUT2D eigenvalue weighted by Gasteiger charge is 2.11. The highest BCUT2D eigenvalue weighted by atomic mass is 32.1. The molecule has 0 bridgehead atoms. The first kappa shape index (κ1) is 22.5. The Hall–Kier alpha value is -2.80. The molecule has 5 nitrogen and oxygen atoms in total. The van der Waals surface area contributed by atoms with Crippen molar-refractivity contribution in [2.24, 2.45) is 0 Å². The Labute approximate surface area is 174 Å². The van der Waals surface area contributed by atoms with E-state index in [1.54, 1.807) is 32.2 Å². The maximum atomic E-state index is 13.6. The van der Waals surface area contributed by atoms with Gasteiger partial charge in [0, 0.05) is 24.1 Å². The van der Waals surface area contributed by atoms with E-state index in [0.29, 0.717) is 15.9 Å². The van der Waals surface area contributed by atoms with E-state index in [1.165, 1.54) is 34.4 Å². The van der Waals surface area contributed by atoms with Gasteiger partial charge in [-0.25, -0.2) is 9.37 Å². The molecule has 1 N–H and O–H groups in total. The van der Waals surface area contributed by atoms with Crippen molar-refractivity contribution in [2.45, 2.75) is 41.5 Å². The average Bonchev–Trinajstić information content (AvgIpc) is 2.72. The smallest absolute Gasteiger partial charge is 0.275 e. The first-order valence-electron chi connectivity index (χ1n) is 9.43. The Morgan fingerprint density at radius 1 is 1.28 bits per heavy atom. The van der Waals surface area contributed by atoms with Crippen molar-refractivity contribution in [3.05, 3.63) is 69.1 Å². The first-order valence-corrected chi connectivity index (χ1v) is 10.2. The van der Waals surface area contributed by atoms with Gasteiger partial charge in [-0.05, 0) is 70.9 Å². The van der Waals surface area contributed by atoms with Crippen molar-refractivity contribution in [1.82, 2.24) is 14.5 Å². The first-order chi connectivity index (χ1) is 13.8. The van der Waals surface area contributed by atoms with E-state index >= 15 is 0 Å². The minimum absolute atomic E-state index is 0.210. The van der Waals surface area contributed by atoms with Gasteiger partial charge in [0.05, 0.1) is 10.5 Å². The second-order valence-corrected chi connectivity index (χ2v) is 7.75. The van der Waals surface area contributed by atoms with Crippen molar-refractivity contribution in [3.63, 3.8) is 0 Å². The van der Waals surface area contributed by atoms with Crippen LogP contribution in [0.5, 0.6) is 0 Å². The van der Waals surface area contributed by atoms with Gasteiger partial charge in [-0.1, -0.05) is 6.08 Å². The molecule has 0 atom stereocenters. The molecule has 0 aliphatic heterocycles. The molecule has 2 aromatic heterocycles. The van der Waals surface area contributed by atoms with Crippen LogP contribution in [0.4, 0.5) is 10.1 Å². The van der Waals surface area contributed by atoms with Gasteiger partial charge in [-0.2, -0.15) is 0 Å². The van der Waals surface area contributed by atoms with Crippen LogP contribution in [0.2, 0.25) is 0 Å². The molecule has 0 amide bonds. The third kappa shape index (κ3) is 5.38. The number of rotatable bonds is 5. The lowest BCUT2D eigenvalue weighted by atomic mass is 10.1. The third-order valence-electron chi connectivity index (χ3n) is 4.29. The molecule has 0 aliphatic carbocycles.